The molecule has 1 aliphatic heterocycles. The van der Waals surface area contributed by atoms with Crippen molar-refractivity contribution < 1.29 is 4.42 Å². The molecule has 0 saturated carbocycles. The summed E-state index contributed by atoms with van der Waals surface area (Å²) >= 11 is 1.87. The van der Waals surface area contributed by atoms with Crippen molar-refractivity contribution in [2.24, 2.45) is 9.98 Å². The van der Waals surface area contributed by atoms with Gasteiger partial charge >= 0.3 is 0 Å². The number of aliphatic imine (C=N–C) groups is 2. The molecular formula is C51H31N3OS. The first-order valence-corrected chi connectivity index (χ1v) is 19.7. The highest BCUT2D eigenvalue weighted by molar-refractivity contribution is 7.26. The first-order chi connectivity index (χ1) is 27.7. The number of amidine groups is 2. The molecule has 0 radical (unpaired) electrons. The Balaban J connectivity index is 1.04. The zero-order valence-electron chi connectivity index (χ0n) is 30.0. The Bertz CT molecular complexity index is 3460. The van der Waals surface area contributed by atoms with Gasteiger partial charge < -0.3 is 9.73 Å². The third kappa shape index (κ3) is 4.84. The summed E-state index contributed by atoms with van der Waals surface area (Å²) in [6, 6.07) is 62.6. The average Bonchev–Trinajstić information content (AvgIpc) is 3.84. The second-order valence-corrected chi connectivity index (χ2v) is 15.6. The van der Waals surface area contributed by atoms with E-state index in [-0.39, 0.29) is 0 Å². The third-order valence-corrected chi connectivity index (χ3v) is 12.5. The number of benzene rings is 9. The Labute approximate surface area is 325 Å². The fourth-order valence-corrected chi connectivity index (χ4v) is 9.87. The molecule has 0 spiro atoms. The zero-order chi connectivity index (χ0) is 36.7. The van der Waals surface area contributed by atoms with Crippen LogP contribution in [0.4, 0.5) is 0 Å². The van der Waals surface area contributed by atoms with E-state index in [1.54, 1.807) is 0 Å². The van der Waals surface area contributed by atoms with Crippen molar-refractivity contribution in [1.29, 1.82) is 0 Å². The number of rotatable bonds is 4. The van der Waals surface area contributed by atoms with Crippen LogP contribution in [-0.4, -0.2) is 11.7 Å². The summed E-state index contributed by atoms with van der Waals surface area (Å²) in [6.45, 7) is 0. The van der Waals surface area contributed by atoms with Gasteiger partial charge in [-0.2, -0.15) is 0 Å². The van der Waals surface area contributed by atoms with Crippen LogP contribution >= 0.6 is 11.3 Å². The van der Waals surface area contributed by atoms with Crippen molar-refractivity contribution in [2.75, 3.05) is 0 Å². The van der Waals surface area contributed by atoms with Crippen LogP contribution in [0.5, 0.6) is 0 Å². The molecule has 1 N–H and O–H groups in total. The zero-order valence-corrected chi connectivity index (χ0v) is 30.8. The number of fused-ring (bicyclic) bond motifs is 11. The summed E-state index contributed by atoms with van der Waals surface area (Å²) in [5.41, 5.74) is 7.03. The van der Waals surface area contributed by atoms with Crippen LogP contribution in [0.1, 0.15) is 22.9 Å². The lowest BCUT2D eigenvalue weighted by atomic mass is 9.96. The summed E-state index contributed by atoms with van der Waals surface area (Å²) in [4.78, 5) is 10.7. The molecule has 56 heavy (non-hydrogen) atoms. The van der Waals surface area contributed by atoms with Crippen molar-refractivity contribution >= 4 is 97.4 Å². The smallest absolute Gasteiger partial charge is 0.170 e. The molecule has 0 saturated heterocycles. The van der Waals surface area contributed by atoms with Crippen LogP contribution in [0.2, 0.25) is 0 Å². The second-order valence-electron chi connectivity index (χ2n) is 14.5. The van der Waals surface area contributed by atoms with Gasteiger partial charge in [0.2, 0.25) is 0 Å². The number of hydrogen-bond donors (Lipinski definition) is 1. The molecule has 4 nitrogen and oxygen atoms in total. The molecule has 11 aromatic rings. The van der Waals surface area contributed by atoms with E-state index in [1.165, 1.54) is 52.7 Å². The van der Waals surface area contributed by atoms with E-state index >= 15 is 0 Å². The summed E-state index contributed by atoms with van der Waals surface area (Å²) in [5.74, 6) is 1.58. The highest BCUT2D eigenvalue weighted by Crippen LogP contribution is 2.42. The predicted molar refractivity (Wildman–Crippen MR) is 236 cm³/mol. The van der Waals surface area contributed by atoms with Crippen LogP contribution in [-0.2, 0) is 0 Å². The van der Waals surface area contributed by atoms with Crippen molar-refractivity contribution in [1.82, 2.24) is 5.32 Å². The maximum Gasteiger partial charge on any atom is 0.170 e. The minimum atomic E-state index is -0.511. The number of nitrogens with one attached hydrogen (secondary N) is 1. The quantitative estimate of drug-likeness (QED) is 0.183. The van der Waals surface area contributed by atoms with Crippen LogP contribution < -0.4 is 5.32 Å². The standard InChI is InChI=1S/C51H31N3OS/c1-2-12-31(13-3-1)49-52-50(54-51(53-49)42-29-34-14-5-6-15-35(34)37-17-8-9-18-38(37)42)40-19-10-20-45-47(40)43-28-32(22-25-44(43)55-45)33-23-26-46-41(27-33)39-24-21-30-11-4-7-16-36(30)48(39)56-46/h1-29,50H,(H,52,53,54). The SMILES string of the molecule is c1ccc(C2=NC(c3cccc4oc5ccc(-c6ccc7sc8c9ccccc9ccc8c7c6)cc5c34)N=C(c3cc4ccccc4c4ccccc34)N2)cc1. The molecule has 1 atom stereocenters. The molecule has 5 heteroatoms. The Morgan fingerprint density at radius 1 is 0.446 bits per heavy atom. The normalized spacial score (nSPS) is 14.6. The second kappa shape index (κ2) is 12.2. The largest absolute Gasteiger partial charge is 0.456 e. The molecule has 0 amide bonds. The maximum atomic E-state index is 6.55. The van der Waals surface area contributed by atoms with Crippen molar-refractivity contribution in [3.63, 3.8) is 0 Å². The van der Waals surface area contributed by atoms with Gasteiger partial charge in [0, 0.05) is 47.6 Å². The van der Waals surface area contributed by atoms with Crippen molar-refractivity contribution in [2.45, 2.75) is 6.17 Å². The van der Waals surface area contributed by atoms with Gasteiger partial charge in [0.1, 0.15) is 22.8 Å². The Morgan fingerprint density at radius 3 is 2.04 bits per heavy atom. The Hall–Kier alpha value is -7.08. The summed E-state index contributed by atoms with van der Waals surface area (Å²) in [6.07, 6.45) is -0.511. The van der Waals surface area contributed by atoms with Crippen LogP contribution in [0, 0.1) is 0 Å². The molecule has 0 bridgehead atoms. The maximum absolute atomic E-state index is 6.55. The summed E-state index contributed by atoms with van der Waals surface area (Å²) in [7, 11) is 0. The Kier molecular flexibility index (Phi) is 6.83. The molecule has 1 aliphatic rings. The van der Waals surface area contributed by atoms with Crippen LogP contribution in [0.3, 0.4) is 0 Å². The van der Waals surface area contributed by atoms with E-state index in [4.69, 9.17) is 14.4 Å². The number of hydrogen-bond acceptors (Lipinski definition) is 5. The molecule has 3 heterocycles. The minimum Gasteiger partial charge on any atom is -0.456 e. The third-order valence-electron chi connectivity index (χ3n) is 11.3. The lowest BCUT2D eigenvalue weighted by molar-refractivity contribution is 0.667. The molecule has 12 rings (SSSR count). The highest BCUT2D eigenvalue weighted by atomic mass is 32.1. The lowest BCUT2D eigenvalue weighted by Crippen LogP contribution is -2.36. The van der Waals surface area contributed by atoms with E-state index in [0.717, 1.165) is 61.2 Å². The summed E-state index contributed by atoms with van der Waals surface area (Å²) < 4.78 is 9.18. The van der Waals surface area contributed by atoms with Gasteiger partial charge in [-0.05, 0) is 79.8 Å². The first kappa shape index (κ1) is 31.3. The van der Waals surface area contributed by atoms with E-state index in [1.807, 2.05) is 17.4 Å². The van der Waals surface area contributed by atoms with Crippen LogP contribution in [0.25, 0.3) is 85.6 Å². The van der Waals surface area contributed by atoms with Crippen molar-refractivity contribution in [3.05, 3.63) is 193 Å². The van der Waals surface area contributed by atoms with Gasteiger partial charge in [0.25, 0.3) is 0 Å². The van der Waals surface area contributed by atoms with Crippen molar-refractivity contribution in [3.8, 4) is 11.1 Å². The Morgan fingerprint density at radius 2 is 1.16 bits per heavy atom. The molecular weight excluding hydrogens is 703 g/mol. The topological polar surface area (TPSA) is 49.9 Å². The number of nitrogens with zero attached hydrogens (tertiary/aromatic N) is 2. The fraction of sp³-hybridized carbons (Fsp3) is 0.0196. The molecule has 262 valence electrons. The van der Waals surface area contributed by atoms with E-state index in [2.05, 4.69) is 175 Å². The monoisotopic (exact) mass is 733 g/mol. The van der Waals surface area contributed by atoms with Gasteiger partial charge in [-0.1, -0.05) is 140 Å². The predicted octanol–water partition coefficient (Wildman–Crippen LogP) is 13.6. The van der Waals surface area contributed by atoms with E-state index < -0.39 is 6.17 Å². The van der Waals surface area contributed by atoms with Crippen LogP contribution in [0.15, 0.2) is 190 Å². The van der Waals surface area contributed by atoms with Gasteiger partial charge in [-0.25, -0.2) is 9.98 Å². The average molecular weight is 734 g/mol. The van der Waals surface area contributed by atoms with E-state index in [9.17, 15) is 0 Å². The van der Waals surface area contributed by atoms with E-state index in [0.29, 0.717) is 0 Å². The highest BCUT2D eigenvalue weighted by Gasteiger charge is 2.25. The van der Waals surface area contributed by atoms with Gasteiger partial charge in [-0.3, -0.25) is 0 Å². The molecule has 9 aromatic carbocycles. The number of thiophene rings is 1. The minimum absolute atomic E-state index is 0.511. The molecule has 1 unspecified atom stereocenters. The first-order valence-electron chi connectivity index (χ1n) is 18.9. The fourth-order valence-electron chi connectivity index (χ4n) is 8.65. The number of furan rings is 1. The van der Waals surface area contributed by atoms with Gasteiger partial charge in [0.15, 0.2) is 6.17 Å². The molecule has 0 fully saturated rings. The summed E-state index contributed by atoms with van der Waals surface area (Å²) in [5, 5.41) is 15.7. The molecule has 2 aromatic heterocycles. The molecule has 0 aliphatic carbocycles. The van der Waals surface area contributed by atoms with Gasteiger partial charge in [-0.15, -0.1) is 11.3 Å². The lowest BCUT2D eigenvalue weighted by Gasteiger charge is -2.24. The van der Waals surface area contributed by atoms with Gasteiger partial charge in [0.05, 0.1) is 0 Å².